The van der Waals surface area contributed by atoms with Gasteiger partial charge in [0.05, 0.1) is 0 Å². The molecule has 4 aliphatic carbocycles. The lowest BCUT2D eigenvalue weighted by molar-refractivity contribution is -0.0691. The Morgan fingerprint density at radius 3 is 1.95 bits per heavy atom. The van der Waals surface area contributed by atoms with Crippen LogP contribution in [0.3, 0.4) is 0 Å². The van der Waals surface area contributed by atoms with Gasteiger partial charge in [0.25, 0.3) is 0 Å². The molecule has 1 N–H and O–H groups in total. The summed E-state index contributed by atoms with van der Waals surface area (Å²) in [6.45, 7) is 10.6. The Hall–Kier alpha value is 0.310. The topological polar surface area (TPSA) is 12.0 Å². The fraction of sp³-hybridized carbons (Fsp3) is 1.00. The van der Waals surface area contributed by atoms with Gasteiger partial charge < -0.3 is 5.32 Å². The molecule has 4 rings (SSSR count). The van der Waals surface area contributed by atoms with Crippen LogP contribution in [0.5, 0.6) is 0 Å². The molecule has 0 aromatic carbocycles. The predicted octanol–water partition coefficient (Wildman–Crippen LogP) is 4.96. The summed E-state index contributed by atoms with van der Waals surface area (Å²) < 4.78 is 0. The van der Waals surface area contributed by atoms with Gasteiger partial charge in [0.15, 0.2) is 0 Å². The fourth-order valence-corrected chi connectivity index (χ4v) is 7.10. The Labute approximate surface area is 136 Å². The molecule has 0 radical (unpaired) electrons. The molecule has 21 heavy (non-hydrogen) atoms. The molecule has 0 aliphatic heterocycles. The number of hydrogen-bond donors (Lipinski definition) is 1. The molecule has 2 unspecified atom stereocenters. The monoisotopic (exact) mass is 309 g/mol. The van der Waals surface area contributed by atoms with Crippen molar-refractivity contribution in [3.8, 4) is 0 Å². The van der Waals surface area contributed by atoms with E-state index >= 15 is 0 Å². The van der Waals surface area contributed by atoms with Crippen LogP contribution >= 0.6 is 11.8 Å². The van der Waals surface area contributed by atoms with Crippen molar-refractivity contribution in [3.63, 3.8) is 0 Å². The van der Waals surface area contributed by atoms with Gasteiger partial charge in [-0.25, -0.2) is 0 Å². The van der Waals surface area contributed by atoms with Crippen LogP contribution in [0.25, 0.3) is 0 Å². The third-order valence-corrected chi connectivity index (χ3v) is 8.34. The second kappa shape index (κ2) is 6.43. The summed E-state index contributed by atoms with van der Waals surface area (Å²) in [5, 5.41) is 4.70. The third kappa shape index (κ3) is 3.32. The summed E-state index contributed by atoms with van der Waals surface area (Å²) in [5.74, 6) is 5.35. The van der Waals surface area contributed by atoms with E-state index < -0.39 is 0 Å². The summed E-state index contributed by atoms with van der Waals surface area (Å²) in [7, 11) is 0. The van der Waals surface area contributed by atoms with Crippen LogP contribution in [-0.2, 0) is 0 Å². The first kappa shape index (κ1) is 16.2. The number of thioether (sulfide) groups is 1. The first-order valence-corrected chi connectivity index (χ1v) is 10.4. The van der Waals surface area contributed by atoms with E-state index in [4.69, 9.17) is 0 Å². The van der Waals surface area contributed by atoms with Crippen molar-refractivity contribution in [2.24, 2.45) is 29.1 Å². The standard InChI is InChI=1S/C19H35NS/c1-5-20-18(12-21-14(4)13(2)3)19-9-15-6-16(10-19)8-17(7-15)11-19/h13-18,20H,5-12H2,1-4H3. The zero-order valence-electron chi connectivity index (χ0n) is 14.5. The Kier molecular flexibility index (Phi) is 4.96. The van der Waals surface area contributed by atoms with Gasteiger partial charge >= 0.3 is 0 Å². The zero-order chi connectivity index (χ0) is 15.0. The minimum absolute atomic E-state index is 0.661. The van der Waals surface area contributed by atoms with Crippen LogP contribution in [0.1, 0.15) is 66.2 Å². The molecule has 0 saturated heterocycles. The van der Waals surface area contributed by atoms with Crippen molar-refractivity contribution in [1.29, 1.82) is 0 Å². The average molecular weight is 310 g/mol. The Morgan fingerprint density at radius 2 is 1.52 bits per heavy atom. The van der Waals surface area contributed by atoms with E-state index in [2.05, 4.69) is 44.8 Å². The molecule has 0 amide bonds. The smallest absolute Gasteiger partial charge is 0.0214 e. The molecule has 2 heteroatoms. The number of nitrogens with one attached hydrogen (secondary N) is 1. The normalized spacial score (nSPS) is 40.7. The number of hydrogen-bond acceptors (Lipinski definition) is 2. The summed E-state index contributed by atoms with van der Waals surface area (Å²) in [6, 6.07) is 0.766. The zero-order valence-corrected chi connectivity index (χ0v) is 15.3. The third-order valence-electron chi connectivity index (χ3n) is 6.74. The molecule has 122 valence electrons. The highest BCUT2D eigenvalue weighted by Crippen LogP contribution is 2.61. The summed E-state index contributed by atoms with van der Waals surface area (Å²) in [5.41, 5.74) is 0.661. The first-order valence-electron chi connectivity index (χ1n) is 9.37. The van der Waals surface area contributed by atoms with Gasteiger partial charge in [-0.2, -0.15) is 11.8 Å². The highest BCUT2D eigenvalue weighted by Gasteiger charge is 2.53. The molecule has 0 aromatic rings. The van der Waals surface area contributed by atoms with Gasteiger partial charge in [0, 0.05) is 17.0 Å². The Morgan fingerprint density at radius 1 is 1.00 bits per heavy atom. The van der Waals surface area contributed by atoms with Gasteiger partial charge in [-0.1, -0.05) is 27.7 Å². The molecule has 0 heterocycles. The second-order valence-electron chi connectivity index (χ2n) is 8.67. The van der Waals surface area contributed by atoms with Crippen LogP contribution in [0.4, 0.5) is 0 Å². The lowest BCUT2D eigenvalue weighted by atomic mass is 9.48. The van der Waals surface area contributed by atoms with Crippen molar-refractivity contribution >= 4 is 11.8 Å². The van der Waals surface area contributed by atoms with E-state index in [1.807, 2.05) is 0 Å². The maximum Gasteiger partial charge on any atom is 0.0214 e. The maximum absolute atomic E-state index is 3.91. The van der Waals surface area contributed by atoms with E-state index in [-0.39, 0.29) is 0 Å². The Bertz CT molecular complexity index is 316. The van der Waals surface area contributed by atoms with Crippen molar-refractivity contribution < 1.29 is 0 Å². The van der Waals surface area contributed by atoms with E-state index in [1.165, 1.54) is 25.0 Å². The largest absolute Gasteiger partial charge is 0.313 e. The van der Waals surface area contributed by atoms with Crippen LogP contribution in [0, 0.1) is 29.1 Å². The SMILES string of the molecule is CCNC(CSC(C)C(C)C)C12CC3CC(CC(C3)C1)C2. The summed E-state index contributed by atoms with van der Waals surface area (Å²) >= 11 is 2.22. The molecule has 4 saturated carbocycles. The van der Waals surface area contributed by atoms with E-state index in [0.717, 1.165) is 41.5 Å². The molecule has 4 aliphatic rings. The molecule has 0 spiro atoms. The molecular weight excluding hydrogens is 274 g/mol. The number of rotatable bonds is 7. The van der Waals surface area contributed by atoms with Crippen molar-refractivity contribution in [2.75, 3.05) is 12.3 Å². The molecule has 1 nitrogen and oxygen atoms in total. The molecular formula is C19H35NS. The lowest BCUT2D eigenvalue weighted by Gasteiger charge is -2.59. The highest BCUT2D eigenvalue weighted by molar-refractivity contribution is 7.99. The maximum atomic E-state index is 3.91. The Balaban J connectivity index is 1.68. The minimum Gasteiger partial charge on any atom is -0.313 e. The lowest BCUT2D eigenvalue weighted by Crippen LogP contribution is -2.57. The average Bonchev–Trinajstić information content (AvgIpc) is 2.41. The first-order chi connectivity index (χ1) is 10.0. The van der Waals surface area contributed by atoms with Gasteiger partial charge in [-0.15, -0.1) is 0 Å². The van der Waals surface area contributed by atoms with E-state index in [0.29, 0.717) is 5.41 Å². The van der Waals surface area contributed by atoms with Gasteiger partial charge in [-0.3, -0.25) is 0 Å². The summed E-state index contributed by atoms with van der Waals surface area (Å²) in [4.78, 5) is 0. The molecule has 4 fully saturated rings. The summed E-state index contributed by atoms with van der Waals surface area (Å²) in [6.07, 6.45) is 9.29. The van der Waals surface area contributed by atoms with Crippen LogP contribution < -0.4 is 5.32 Å². The van der Waals surface area contributed by atoms with Crippen LogP contribution in [-0.4, -0.2) is 23.6 Å². The van der Waals surface area contributed by atoms with Gasteiger partial charge in [0.2, 0.25) is 0 Å². The quantitative estimate of drug-likeness (QED) is 0.713. The van der Waals surface area contributed by atoms with E-state index in [9.17, 15) is 0 Å². The minimum atomic E-state index is 0.661. The molecule has 0 aromatic heterocycles. The van der Waals surface area contributed by atoms with E-state index in [1.54, 1.807) is 19.3 Å². The predicted molar refractivity (Wildman–Crippen MR) is 94.8 cm³/mol. The van der Waals surface area contributed by atoms with Crippen molar-refractivity contribution in [1.82, 2.24) is 5.32 Å². The highest BCUT2D eigenvalue weighted by atomic mass is 32.2. The van der Waals surface area contributed by atoms with Crippen molar-refractivity contribution in [2.45, 2.75) is 77.5 Å². The van der Waals surface area contributed by atoms with Crippen LogP contribution in [0.2, 0.25) is 0 Å². The fourth-order valence-electron chi connectivity index (χ4n) is 5.74. The molecule has 4 bridgehead atoms. The molecule has 2 atom stereocenters. The van der Waals surface area contributed by atoms with Crippen LogP contribution in [0.15, 0.2) is 0 Å². The second-order valence-corrected chi connectivity index (χ2v) is 10.1. The van der Waals surface area contributed by atoms with Gasteiger partial charge in [0.1, 0.15) is 0 Å². The van der Waals surface area contributed by atoms with Gasteiger partial charge in [-0.05, 0) is 74.2 Å². The van der Waals surface area contributed by atoms with Crippen molar-refractivity contribution in [3.05, 3.63) is 0 Å².